The van der Waals surface area contributed by atoms with Crippen molar-refractivity contribution in [1.29, 1.82) is 0 Å². The Bertz CT molecular complexity index is 493. The molecule has 0 saturated carbocycles. The first-order chi connectivity index (χ1) is 8.40. The van der Waals surface area contributed by atoms with E-state index < -0.39 is 0 Å². The summed E-state index contributed by atoms with van der Waals surface area (Å²) in [5, 5.41) is 5.82. The minimum atomic E-state index is 0.595. The molecular weight excluding hydrogens is 210 g/mol. The fourth-order valence-corrected chi connectivity index (χ4v) is 1.91. The molecule has 0 fully saturated rings. The maximum atomic E-state index is 10.1. The second kappa shape index (κ2) is 6.16. The van der Waals surface area contributed by atoms with E-state index in [1.165, 1.54) is 16.3 Å². The van der Waals surface area contributed by atoms with Gasteiger partial charge in [-0.15, -0.1) is 0 Å². The van der Waals surface area contributed by atoms with Crippen LogP contribution in [-0.4, -0.2) is 19.4 Å². The van der Waals surface area contributed by atoms with Gasteiger partial charge in [-0.1, -0.05) is 42.5 Å². The first kappa shape index (κ1) is 11.8. The van der Waals surface area contributed by atoms with Crippen molar-refractivity contribution in [2.45, 2.75) is 12.8 Å². The molecule has 2 nitrogen and oxygen atoms in total. The molecule has 88 valence electrons. The van der Waals surface area contributed by atoms with Gasteiger partial charge in [0.05, 0.1) is 0 Å². The second-order valence-corrected chi connectivity index (χ2v) is 4.14. The van der Waals surface area contributed by atoms with Crippen LogP contribution >= 0.6 is 0 Å². The lowest BCUT2D eigenvalue weighted by molar-refractivity contribution is -0.107. The molecule has 0 aliphatic heterocycles. The van der Waals surface area contributed by atoms with Crippen molar-refractivity contribution in [3.05, 3.63) is 48.0 Å². The molecule has 0 heterocycles. The molecule has 0 bridgehead atoms. The van der Waals surface area contributed by atoms with Crippen LogP contribution in [0.4, 0.5) is 0 Å². The number of hydrogen-bond acceptors (Lipinski definition) is 2. The Morgan fingerprint density at radius 2 is 1.82 bits per heavy atom. The summed E-state index contributed by atoms with van der Waals surface area (Å²) in [6.07, 6.45) is 2.55. The SMILES string of the molecule is O=CCCNCCc1ccc2ccccc2c1. The van der Waals surface area contributed by atoms with E-state index in [0.29, 0.717) is 6.42 Å². The van der Waals surface area contributed by atoms with Crippen molar-refractivity contribution < 1.29 is 4.79 Å². The third kappa shape index (κ3) is 3.40. The van der Waals surface area contributed by atoms with Crippen molar-refractivity contribution in [2.24, 2.45) is 0 Å². The summed E-state index contributed by atoms with van der Waals surface area (Å²) in [5.41, 5.74) is 1.34. The number of fused-ring (bicyclic) bond motifs is 1. The zero-order valence-electron chi connectivity index (χ0n) is 9.86. The Labute approximate surface area is 102 Å². The van der Waals surface area contributed by atoms with E-state index in [2.05, 4.69) is 47.8 Å². The number of nitrogens with one attached hydrogen (secondary N) is 1. The van der Waals surface area contributed by atoms with Crippen LogP contribution in [0.25, 0.3) is 10.8 Å². The topological polar surface area (TPSA) is 29.1 Å². The highest BCUT2D eigenvalue weighted by Gasteiger charge is 1.96. The lowest BCUT2D eigenvalue weighted by Gasteiger charge is -2.04. The molecule has 2 heteroatoms. The molecule has 0 saturated heterocycles. The average molecular weight is 227 g/mol. The lowest BCUT2D eigenvalue weighted by Crippen LogP contribution is -2.18. The van der Waals surface area contributed by atoms with Crippen LogP contribution in [0.15, 0.2) is 42.5 Å². The molecule has 2 aromatic rings. The molecule has 0 atom stereocenters. The van der Waals surface area contributed by atoms with Crippen LogP contribution in [0.2, 0.25) is 0 Å². The number of benzene rings is 2. The van der Waals surface area contributed by atoms with Crippen LogP contribution in [0.3, 0.4) is 0 Å². The Morgan fingerprint density at radius 3 is 2.65 bits per heavy atom. The van der Waals surface area contributed by atoms with E-state index in [0.717, 1.165) is 25.8 Å². The smallest absolute Gasteiger partial charge is 0.121 e. The summed E-state index contributed by atoms with van der Waals surface area (Å²) in [4.78, 5) is 10.1. The van der Waals surface area contributed by atoms with Gasteiger partial charge in [-0.3, -0.25) is 0 Å². The molecule has 0 aromatic heterocycles. The molecule has 0 aliphatic rings. The standard InChI is InChI=1S/C15H17NO/c17-11-3-9-16-10-8-13-6-7-14-4-1-2-5-15(14)12-13/h1-2,4-7,11-12,16H,3,8-10H2. The Morgan fingerprint density at radius 1 is 1.00 bits per heavy atom. The monoisotopic (exact) mass is 227 g/mol. The third-order valence-electron chi connectivity index (χ3n) is 2.84. The van der Waals surface area contributed by atoms with Gasteiger partial charge >= 0.3 is 0 Å². The first-order valence-corrected chi connectivity index (χ1v) is 6.02. The number of rotatable bonds is 6. The van der Waals surface area contributed by atoms with E-state index in [1.54, 1.807) is 0 Å². The van der Waals surface area contributed by atoms with Gasteiger partial charge in [0.2, 0.25) is 0 Å². The number of carbonyl (C=O) groups excluding carboxylic acids is 1. The summed E-state index contributed by atoms with van der Waals surface area (Å²) in [7, 11) is 0. The van der Waals surface area contributed by atoms with Gasteiger partial charge in [0.25, 0.3) is 0 Å². The summed E-state index contributed by atoms with van der Waals surface area (Å²) in [5.74, 6) is 0. The van der Waals surface area contributed by atoms with Crippen molar-refractivity contribution in [3.8, 4) is 0 Å². The first-order valence-electron chi connectivity index (χ1n) is 6.02. The van der Waals surface area contributed by atoms with Crippen molar-refractivity contribution >= 4 is 17.1 Å². The van der Waals surface area contributed by atoms with Crippen molar-refractivity contribution in [1.82, 2.24) is 5.32 Å². The average Bonchev–Trinajstić information content (AvgIpc) is 2.38. The highest BCUT2D eigenvalue weighted by Crippen LogP contribution is 2.15. The van der Waals surface area contributed by atoms with Gasteiger partial charge in [-0.05, 0) is 29.3 Å². The van der Waals surface area contributed by atoms with Crippen LogP contribution in [0.1, 0.15) is 12.0 Å². The van der Waals surface area contributed by atoms with Crippen LogP contribution in [0, 0.1) is 0 Å². The van der Waals surface area contributed by atoms with Crippen LogP contribution < -0.4 is 5.32 Å². The van der Waals surface area contributed by atoms with Gasteiger partial charge in [0.15, 0.2) is 0 Å². The maximum Gasteiger partial charge on any atom is 0.121 e. The molecule has 17 heavy (non-hydrogen) atoms. The number of hydrogen-bond donors (Lipinski definition) is 1. The fraction of sp³-hybridized carbons (Fsp3) is 0.267. The van der Waals surface area contributed by atoms with Gasteiger partial charge in [-0.2, -0.15) is 0 Å². The minimum Gasteiger partial charge on any atom is -0.316 e. The zero-order chi connectivity index (χ0) is 11.9. The van der Waals surface area contributed by atoms with E-state index in [1.807, 2.05) is 0 Å². The maximum absolute atomic E-state index is 10.1. The second-order valence-electron chi connectivity index (χ2n) is 4.14. The quantitative estimate of drug-likeness (QED) is 0.607. The molecular formula is C15H17NO. The van der Waals surface area contributed by atoms with Gasteiger partial charge in [0.1, 0.15) is 6.29 Å². The Hall–Kier alpha value is -1.67. The fourth-order valence-electron chi connectivity index (χ4n) is 1.91. The highest BCUT2D eigenvalue weighted by molar-refractivity contribution is 5.82. The van der Waals surface area contributed by atoms with E-state index >= 15 is 0 Å². The summed E-state index contributed by atoms with van der Waals surface area (Å²) in [6.45, 7) is 1.70. The normalized spacial score (nSPS) is 10.6. The Balaban J connectivity index is 1.92. The molecule has 0 amide bonds. The summed E-state index contributed by atoms with van der Waals surface area (Å²) < 4.78 is 0. The summed E-state index contributed by atoms with van der Waals surface area (Å²) >= 11 is 0. The van der Waals surface area contributed by atoms with Crippen molar-refractivity contribution in [2.75, 3.05) is 13.1 Å². The number of aldehydes is 1. The highest BCUT2D eigenvalue weighted by atomic mass is 16.1. The van der Waals surface area contributed by atoms with Crippen LogP contribution in [0.5, 0.6) is 0 Å². The third-order valence-corrected chi connectivity index (χ3v) is 2.84. The van der Waals surface area contributed by atoms with Gasteiger partial charge in [0, 0.05) is 13.0 Å². The zero-order valence-corrected chi connectivity index (χ0v) is 9.86. The molecule has 0 aliphatic carbocycles. The molecule has 2 aromatic carbocycles. The molecule has 1 N–H and O–H groups in total. The molecule has 0 unspecified atom stereocenters. The minimum absolute atomic E-state index is 0.595. The molecule has 2 rings (SSSR count). The van der Waals surface area contributed by atoms with Gasteiger partial charge in [-0.25, -0.2) is 0 Å². The largest absolute Gasteiger partial charge is 0.316 e. The van der Waals surface area contributed by atoms with E-state index in [9.17, 15) is 4.79 Å². The lowest BCUT2D eigenvalue weighted by atomic mass is 10.1. The number of carbonyl (C=O) groups is 1. The summed E-state index contributed by atoms with van der Waals surface area (Å²) in [6, 6.07) is 15.0. The van der Waals surface area contributed by atoms with Crippen molar-refractivity contribution in [3.63, 3.8) is 0 Å². The molecule has 0 radical (unpaired) electrons. The predicted molar refractivity (Wildman–Crippen MR) is 71.2 cm³/mol. The predicted octanol–water partition coefficient (Wildman–Crippen LogP) is 2.56. The Kier molecular flexibility index (Phi) is 4.28. The van der Waals surface area contributed by atoms with Gasteiger partial charge < -0.3 is 10.1 Å². The van der Waals surface area contributed by atoms with E-state index in [4.69, 9.17) is 0 Å². The molecule has 0 spiro atoms. The van der Waals surface area contributed by atoms with Crippen LogP contribution in [-0.2, 0) is 11.2 Å². The van der Waals surface area contributed by atoms with E-state index in [-0.39, 0.29) is 0 Å².